The number of likely N-dealkylation sites (tertiary alicyclic amines) is 1. The van der Waals surface area contributed by atoms with Gasteiger partial charge >= 0.3 is 0 Å². The van der Waals surface area contributed by atoms with Gasteiger partial charge in [-0.15, -0.1) is 0 Å². The van der Waals surface area contributed by atoms with Crippen molar-refractivity contribution in [3.05, 3.63) is 53.6 Å². The zero-order valence-electron chi connectivity index (χ0n) is 13.7. The molecule has 1 aromatic heterocycles. The minimum atomic E-state index is -0.219. The number of aromatic nitrogens is 2. The highest BCUT2D eigenvalue weighted by Crippen LogP contribution is 2.32. The lowest BCUT2D eigenvalue weighted by Gasteiger charge is -2.23. The van der Waals surface area contributed by atoms with Crippen LogP contribution in [0.3, 0.4) is 0 Å². The van der Waals surface area contributed by atoms with Crippen LogP contribution < -0.4 is 5.32 Å². The first kappa shape index (κ1) is 16.2. The lowest BCUT2D eigenvalue weighted by Crippen LogP contribution is -2.32. The van der Waals surface area contributed by atoms with Gasteiger partial charge in [0.2, 0.25) is 0 Å². The quantitative estimate of drug-likeness (QED) is 0.887. The van der Waals surface area contributed by atoms with E-state index in [2.05, 4.69) is 15.3 Å². The van der Waals surface area contributed by atoms with E-state index in [0.29, 0.717) is 24.1 Å². The Morgan fingerprint density at radius 2 is 2.17 bits per heavy atom. The van der Waals surface area contributed by atoms with Gasteiger partial charge in [-0.05, 0) is 18.2 Å². The number of hydrogen-bond donors (Lipinski definition) is 2. The van der Waals surface area contributed by atoms with Crippen LogP contribution in [0.25, 0.3) is 0 Å². The number of nitrogens with one attached hydrogen (secondary N) is 2. The molecule has 0 radical (unpaired) electrons. The van der Waals surface area contributed by atoms with Crippen molar-refractivity contribution < 1.29 is 14.3 Å². The number of nitrogens with zero attached hydrogens (tertiary/aromatic N) is 2. The Morgan fingerprint density at radius 1 is 1.38 bits per heavy atom. The molecule has 1 aliphatic heterocycles. The highest BCUT2D eigenvalue weighted by atomic mass is 16.5. The third-order valence-corrected chi connectivity index (χ3v) is 4.29. The summed E-state index contributed by atoms with van der Waals surface area (Å²) in [5.41, 5.74) is 0.935. The summed E-state index contributed by atoms with van der Waals surface area (Å²) in [4.78, 5) is 33.9. The van der Waals surface area contributed by atoms with Crippen LogP contribution in [0.2, 0.25) is 0 Å². The molecule has 0 spiro atoms. The predicted molar refractivity (Wildman–Crippen MR) is 87.6 cm³/mol. The molecule has 0 aliphatic carbocycles. The first-order valence-corrected chi connectivity index (χ1v) is 7.79. The van der Waals surface area contributed by atoms with Crippen LogP contribution in [0.15, 0.2) is 36.7 Å². The van der Waals surface area contributed by atoms with Gasteiger partial charge in [0, 0.05) is 50.6 Å². The summed E-state index contributed by atoms with van der Waals surface area (Å²) in [5, 5.41) is 2.57. The second-order valence-electron chi connectivity index (χ2n) is 5.70. The van der Waals surface area contributed by atoms with Gasteiger partial charge in [-0.3, -0.25) is 9.59 Å². The van der Waals surface area contributed by atoms with Crippen molar-refractivity contribution >= 4 is 11.8 Å². The molecule has 2 aromatic rings. The Hall–Kier alpha value is -2.67. The molecule has 1 saturated heterocycles. The van der Waals surface area contributed by atoms with Crippen LogP contribution in [-0.4, -0.2) is 53.5 Å². The van der Waals surface area contributed by atoms with Gasteiger partial charge < -0.3 is 19.9 Å². The molecule has 2 heterocycles. The number of carbonyl (C=O) groups excluding carboxylic acids is 2. The van der Waals surface area contributed by atoms with E-state index in [-0.39, 0.29) is 24.0 Å². The maximum absolute atomic E-state index is 13.0. The molecule has 2 N–H and O–H groups in total. The number of benzene rings is 1. The lowest BCUT2D eigenvalue weighted by molar-refractivity contribution is 0.0684. The number of methoxy groups -OCH3 is 1. The zero-order chi connectivity index (χ0) is 17.1. The van der Waals surface area contributed by atoms with E-state index in [1.54, 1.807) is 55.7 Å². The number of amides is 2. The smallest absolute Gasteiger partial charge is 0.254 e. The second kappa shape index (κ2) is 6.84. The minimum Gasteiger partial charge on any atom is -0.380 e. The van der Waals surface area contributed by atoms with Crippen molar-refractivity contribution in [2.24, 2.45) is 0 Å². The van der Waals surface area contributed by atoms with E-state index < -0.39 is 0 Å². The Bertz CT molecular complexity index is 729. The zero-order valence-corrected chi connectivity index (χ0v) is 13.7. The lowest BCUT2D eigenvalue weighted by atomic mass is 10.1. The van der Waals surface area contributed by atoms with Crippen LogP contribution in [0, 0.1) is 0 Å². The van der Waals surface area contributed by atoms with E-state index >= 15 is 0 Å². The van der Waals surface area contributed by atoms with Crippen molar-refractivity contribution in [2.75, 3.05) is 20.7 Å². The number of rotatable bonds is 4. The van der Waals surface area contributed by atoms with Crippen LogP contribution in [0.5, 0.6) is 0 Å². The van der Waals surface area contributed by atoms with Crippen LogP contribution in [-0.2, 0) is 4.74 Å². The number of imidazole rings is 1. The highest BCUT2D eigenvalue weighted by molar-refractivity contribution is 5.99. The number of hydrogen-bond acceptors (Lipinski definition) is 4. The van der Waals surface area contributed by atoms with Crippen molar-refractivity contribution in [3.63, 3.8) is 0 Å². The largest absolute Gasteiger partial charge is 0.380 e. The molecule has 3 rings (SSSR count). The summed E-state index contributed by atoms with van der Waals surface area (Å²) in [6, 6.07) is 6.56. The molecule has 24 heavy (non-hydrogen) atoms. The van der Waals surface area contributed by atoms with E-state index in [0.717, 1.165) is 5.82 Å². The van der Waals surface area contributed by atoms with Crippen LogP contribution in [0.1, 0.15) is 39.0 Å². The molecule has 7 nitrogen and oxygen atoms in total. The van der Waals surface area contributed by atoms with Crippen molar-refractivity contribution in [3.8, 4) is 0 Å². The van der Waals surface area contributed by atoms with E-state index in [4.69, 9.17) is 4.74 Å². The summed E-state index contributed by atoms with van der Waals surface area (Å²) in [6.07, 6.45) is 4.06. The Labute approximate surface area is 140 Å². The first-order valence-electron chi connectivity index (χ1n) is 7.79. The van der Waals surface area contributed by atoms with Crippen LogP contribution in [0.4, 0.5) is 0 Å². The molecule has 0 saturated carbocycles. The maximum atomic E-state index is 13.0. The molecule has 2 amide bonds. The fourth-order valence-electron chi connectivity index (χ4n) is 3.02. The molecule has 1 aromatic carbocycles. The van der Waals surface area contributed by atoms with Gasteiger partial charge in [0.05, 0.1) is 12.1 Å². The van der Waals surface area contributed by atoms with E-state index in [1.807, 2.05) is 0 Å². The van der Waals surface area contributed by atoms with Crippen molar-refractivity contribution in [1.82, 2.24) is 20.2 Å². The molecular formula is C17H20N4O3. The fourth-order valence-corrected chi connectivity index (χ4v) is 3.02. The predicted octanol–water partition coefficient (Wildman–Crippen LogP) is 1.37. The molecule has 1 unspecified atom stereocenters. The minimum absolute atomic E-state index is 0.0360. The van der Waals surface area contributed by atoms with Crippen molar-refractivity contribution in [2.45, 2.75) is 18.6 Å². The molecule has 1 aliphatic rings. The van der Waals surface area contributed by atoms with Gasteiger partial charge in [0.15, 0.2) is 0 Å². The normalized spacial score (nSPS) is 20.2. The monoisotopic (exact) mass is 328 g/mol. The van der Waals surface area contributed by atoms with E-state index in [9.17, 15) is 9.59 Å². The Morgan fingerprint density at radius 3 is 2.83 bits per heavy atom. The summed E-state index contributed by atoms with van der Waals surface area (Å²) in [7, 11) is 3.21. The molecule has 7 heteroatoms. The number of ether oxygens (including phenoxy) is 1. The standard InChI is InChI=1S/C17H20N4O3/c1-18-16(22)11-4-3-5-12(8-11)17(23)21-10-13(24-2)9-14(21)15-19-6-7-20-15/h3-8,13-14H,9-10H2,1-2H3,(H,18,22)(H,19,20)/t13-,14?/m1/s1. The average Bonchev–Trinajstić information content (AvgIpc) is 3.29. The topological polar surface area (TPSA) is 87.3 Å². The van der Waals surface area contributed by atoms with E-state index in [1.165, 1.54) is 0 Å². The van der Waals surface area contributed by atoms with Gasteiger partial charge in [-0.25, -0.2) is 4.98 Å². The first-order chi connectivity index (χ1) is 11.6. The summed E-state index contributed by atoms with van der Waals surface area (Å²) >= 11 is 0. The van der Waals surface area contributed by atoms with Gasteiger partial charge in [0.25, 0.3) is 11.8 Å². The number of H-pyrrole nitrogens is 1. The summed E-state index contributed by atoms with van der Waals surface area (Å²) < 4.78 is 5.44. The van der Waals surface area contributed by atoms with Crippen LogP contribution >= 0.6 is 0 Å². The molecule has 126 valence electrons. The third-order valence-electron chi connectivity index (χ3n) is 4.29. The Kier molecular flexibility index (Phi) is 4.61. The molecular weight excluding hydrogens is 308 g/mol. The Balaban J connectivity index is 1.88. The summed E-state index contributed by atoms with van der Waals surface area (Å²) in [6.45, 7) is 0.491. The van der Waals surface area contributed by atoms with Gasteiger partial charge in [-0.1, -0.05) is 6.07 Å². The maximum Gasteiger partial charge on any atom is 0.254 e. The summed E-state index contributed by atoms with van der Waals surface area (Å²) in [5.74, 6) is 0.385. The second-order valence-corrected chi connectivity index (χ2v) is 5.70. The molecule has 1 fully saturated rings. The SMILES string of the molecule is CNC(=O)c1cccc(C(=O)N2C[C@H](OC)CC2c2ncc[nH]2)c1. The highest BCUT2D eigenvalue weighted by Gasteiger charge is 2.38. The fraction of sp³-hybridized carbons (Fsp3) is 0.353. The number of aromatic amines is 1. The van der Waals surface area contributed by atoms with Crippen molar-refractivity contribution in [1.29, 1.82) is 0 Å². The van der Waals surface area contributed by atoms with Gasteiger partial charge in [-0.2, -0.15) is 0 Å². The average molecular weight is 328 g/mol. The molecule has 2 atom stereocenters. The third kappa shape index (κ3) is 3.03. The number of carbonyl (C=O) groups is 2. The van der Waals surface area contributed by atoms with Gasteiger partial charge in [0.1, 0.15) is 5.82 Å². The molecule has 0 bridgehead atoms.